The van der Waals surface area contributed by atoms with Gasteiger partial charge in [0.2, 0.25) is 11.7 Å². The Hall–Kier alpha value is -3.77. The number of nitrogens with one attached hydrogen (secondary N) is 2. The highest BCUT2D eigenvalue weighted by molar-refractivity contribution is 6.22. The van der Waals surface area contributed by atoms with Gasteiger partial charge in [-0.25, -0.2) is 4.39 Å². The number of rotatable bonds is 3. The number of aromatic hydroxyl groups is 1. The minimum atomic E-state index is -2.71. The van der Waals surface area contributed by atoms with Crippen molar-refractivity contribution in [1.82, 2.24) is 5.32 Å². The molecule has 0 spiro atoms. The largest absolute Gasteiger partial charge is 0.508 e. The molecule has 202 valence electrons. The second-order valence-corrected chi connectivity index (χ2v) is 10.8. The first-order valence-electron chi connectivity index (χ1n) is 12.4. The van der Waals surface area contributed by atoms with Crippen molar-refractivity contribution in [3.05, 3.63) is 39.4 Å². The Bertz CT molecular complexity index is 1400. The Balaban J connectivity index is 1.65. The second kappa shape index (κ2) is 8.63. The van der Waals surface area contributed by atoms with Gasteiger partial charge in [0.25, 0.3) is 5.91 Å². The highest BCUT2D eigenvalue weighted by atomic mass is 19.1. The summed E-state index contributed by atoms with van der Waals surface area (Å²) in [5, 5.41) is 49.8. The number of nitrogens with two attached hydrogens (primary N) is 1. The predicted molar refractivity (Wildman–Crippen MR) is 130 cm³/mol. The molecule has 0 radical (unpaired) electrons. The molecule has 8 N–H and O–H groups in total. The Morgan fingerprint density at radius 3 is 2.47 bits per heavy atom. The van der Waals surface area contributed by atoms with Gasteiger partial charge in [0.15, 0.2) is 17.1 Å². The third-order valence-electron chi connectivity index (χ3n) is 8.06. The van der Waals surface area contributed by atoms with Crippen molar-refractivity contribution in [2.45, 2.75) is 57.7 Å². The lowest BCUT2D eigenvalue weighted by atomic mass is 9.59. The average molecular weight is 530 g/mol. The van der Waals surface area contributed by atoms with Crippen molar-refractivity contribution in [1.29, 1.82) is 0 Å². The zero-order valence-electron chi connectivity index (χ0n) is 20.7. The molecule has 4 atom stereocenters. The smallest absolute Gasteiger partial charge is 0.255 e. The van der Waals surface area contributed by atoms with Crippen LogP contribution in [0.2, 0.25) is 0 Å². The van der Waals surface area contributed by atoms with Gasteiger partial charge in [-0.1, -0.05) is 13.8 Å². The Kier molecular flexibility index (Phi) is 5.88. The van der Waals surface area contributed by atoms with Crippen LogP contribution in [-0.4, -0.2) is 55.4 Å². The zero-order valence-corrected chi connectivity index (χ0v) is 20.7. The number of hydrogen-bond acceptors (Lipinski definition) is 9. The maximum absolute atomic E-state index is 15.9. The molecule has 1 heterocycles. The fourth-order valence-electron chi connectivity index (χ4n) is 6.26. The number of phenolic OH excluding ortho intramolecular Hbond substituents is 1. The zero-order chi connectivity index (χ0) is 27.8. The molecule has 4 aliphatic rings. The number of Topliss-reactive ketones (excluding diaryl/α,β-unsaturated/α-hetero) is 2. The molecule has 12 heteroatoms. The summed E-state index contributed by atoms with van der Waals surface area (Å²) in [6.07, 6.45) is -0.278. The minimum absolute atomic E-state index is 0.00438. The van der Waals surface area contributed by atoms with E-state index in [0.717, 1.165) is 0 Å². The lowest BCUT2D eigenvalue weighted by Crippen LogP contribution is -2.58. The van der Waals surface area contributed by atoms with Crippen LogP contribution in [0.4, 0.5) is 10.1 Å². The number of carbonyl (C=O) groups excluding carboxylic acids is 4. The molecule has 5 rings (SSSR count). The molecular weight excluding hydrogens is 501 g/mol. The van der Waals surface area contributed by atoms with E-state index in [4.69, 9.17) is 5.73 Å². The first-order chi connectivity index (χ1) is 17.8. The number of ketones is 2. The maximum Gasteiger partial charge on any atom is 0.255 e. The number of aliphatic hydroxyl groups is 3. The van der Waals surface area contributed by atoms with Crippen molar-refractivity contribution >= 4 is 34.8 Å². The van der Waals surface area contributed by atoms with Crippen molar-refractivity contribution in [3.8, 4) is 5.75 Å². The van der Waals surface area contributed by atoms with Gasteiger partial charge in [0.05, 0.1) is 17.3 Å². The predicted octanol–water partition coefficient (Wildman–Crippen LogP) is 1.02. The van der Waals surface area contributed by atoms with Gasteiger partial charge < -0.3 is 36.8 Å². The van der Waals surface area contributed by atoms with Crippen LogP contribution in [0.25, 0.3) is 5.76 Å². The lowest BCUT2D eigenvalue weighted by molar-refractivity contribution is -0.147. The van der Waals surface area contributed by atoms with E-state index < -0.39 is 87.5 Å². The van der Waals surface area contributed by atoms with E-state index in [9.17, 15) is 39.6 Å². The number of benzene rings is 1. The van der Waals surface area contributed by atoms with E-state index in [1.165, 1.54) is 0 Å². The number of hydrogen-bond donors (Lipinski definition) is 7. The van der Waals surface area contributed by atoms with Crippen molar-refractivity contribution in [3.63, 3.8) is 0 Å². The van der Waals surface area contributed by atoms with Crippen LogP contribution in [0.3, 0.4) is 0 Å². The van der Waals surface area contributed by atoms with Gasteiger partial charge in [0, 0.05) is 35.6 Å². The summed E-state index contributed by atoms with van der Waals surface area (Å²) in [6.45, 7) is 3.76. The summed E-state index contributed by atoms with van der Waals surface area (Å²) in [4.78, 5) is 50.6. The van der Waals surface area contributed by atoms with Gasteiger partial charge in [-0.15, -0.1) is 0 Å². The molecule has 1 saturated carbocycles. The number of aliphatic hydroxyl groups excluding tert-OH is 2. The first kappa shape index (κ1) is 25.9. The quantitative estimate of drug-likeness (QED) is 0.221. The molecule has 1 aliphatic heterocycles. The van der Waals surface area contributed by atoms with Crippen molar-refractivity contribution in [2.24, 2.45) is 23.5 Å². The maximum atomic E-state index is 15.9. The fourth-order valence-corrected chi connectivity index (χ4v) is 6.26. The molecule has 2 amide bonds. The Labute approximate surface area is 216 Å². The number of halogens is 1. The molecular formula is C26H28FN3O8. The van der Waals surface area contributed by atoms with Crippen LogP contribution in [-0.2, 0) is 32.1 Å². The number of amides is 2. The monoisotopic (exact) mass is 529 g/mol. The fraction of sp³-hybridized carbons (Fsp3) is 0.462. The minimum Gasteiger partial charge on any atom is -0.508 e. The molecule has 1 fully saturated rings. The van der Waals surface area contributed by atoms with Gasteiger partial charge in [-0.05, 0) is 31.1 Å². The molecule has 1 aromatic carbocycles. The summed E-state index contributed by atoms with van der Waals surface area (Å²) in [7, 11) is 0. The van der Waals surface area contributed by atoms with Crippen molar-refractivity contribution in [2.75, 3.05) is 5.32 Å². The number of primary amides is 1. The number of fused-ring (bicyclic) bond motifs is 4. The van der Waals surface area contributed by atoms with Gasteiger partial charge >= 0.3 is 0 Å². The van der Waals surface area contributed by atoms with Crippen LogP contribution < -0.4 is 16.4 Å². The van der Waals surface area contributed by atoms with E-state index >= 15 is 4.39 Å². The molecule has 0 bridgehead atoms. The summed E-state index contributed by atoms with van der Waals surface area (Å²) in [6, 6.07) is -0.654. The normalized spacial score (nSPS) is 28.9. The van der Waals surface area contributed by atoms with Crippen LogP contribution >= 0.6 is 0 Å². The SMILES string of the molecule is CC(C)C[C@H]1NCc2c(F)c3c(c(O)c2NC1=O)C(O)=C1C(=O)[C@]2(O)C(O)=C(C(N)=O)C(=O)C[C@@H]2CC1C3. The number of carbonyl (C=O) groups is 4. The van der Waals surface area contributed by atoms with E-state index in [-0.39, 0.29) is 47.7 Å². The van der Waals surface area contributed by atoms with Gasteiger partial charge in [-0.2, -0.15) is 0 Å². The topological polar surface area (TPSA) is 199 Å². The molecule has 0 saturated heterocycles. The molecule has 3 aliphatic carbocycles. The summed E-state index contributed by atoms with van der Waals surface area (Å²) < 4.78 is 15.9. The van der Waals surface area contributed by atoms with Crippen LogP contribution in [0, 0.1) is 23.6 Å². The summed E-state index contributed by atoms with van der Waals surface area (Å²) >= 11 is 0. The number of phenols is 1. The van der Waals surface area contributed by atoms with Crippen LogP contribution in [0.1, 0.15) is 49.8 Å². The third kappa shape index (κ3) is 3.47. The summed E-state index contributed by atoms with van der Waals surface area (Å²) in [5.41, 5.74) is 0.468. The summed E-state index contributed by atoms with van der Waals surface area (Å²) in [5.74, 6) is -9.11. The highest BCUT2D eigenvalue weighted by Gasteiger charge is 2.60. The standard InChI is InChI=1S/C26H28FN3O8/c1-8(2)3-13-25(37)30-19-12(7-29-13)18(27)11-5-9-4-10-6-14(31)17(24(28)36)23(35)26(10,38)22(34)15(9)20(32)16(11)21(19)33/h8-10,13,29,32-33,35,38H,3-7H2,1-2H3,(H2,28,36)(H,30,37)/t9?,10-,13+,26-/m0/s1. The van der Waals surface area contributed by atoms with E-state index in [1.54, 1.807) is 0 Å². The van der Waals surface area contributed by atoms with Gasteiger partial charge in [-0.3, -0.25) is 19.2 Å². The van der Waals surface area contributed by atoms with Gasteiger partial charge in [0.1, 0.15) is 22.9 Å². The second-order valence-electron chi connectivity index (χ2n) is 10.8. The number of anilines is 1. The van der Waals surface area contributed by atoms with E-state index in [1.807, 2.05) is 13.8 Å². The molecule has 1 unspecified atom stereocenters. The highest BCUT2D eigenvalue weighted by Crippen LogP contribution is 2.53. The lowest BCUT2D eigenvalue weighted by Gasteiger charge is -2.46. The Morgan fingerprint density at radius 2 is 1.84 bits per heavy atom. The average Bonchev–Trinajstić information content (AvgIpc) is 2.98. The van der Waals surface area contributed by atoms with E-state index in [0.29, 0.717) is 6.42 Å². The molecule has 11 nitrogen and oxygen atoms in total. The van der Waals surface area contributed by atoms with E-state index in [2.05, 4.69) is 10.6 Å². The van der Waals surface area contributed by atoms with Crippen molar-refractivity contribution < 1.29 is 44.0 Å². The molecule has 0 aromatic heterocycles. The third-order valence-corrected chi connectivity index (χ3v) is 8.06. The van der Waals surface area contributed by atoms with Crippen LogP contribution in [0.15, 0.2) is 16.9 Å². The molecule has 38 heavy (non-hydrogen) atoms. The molecule has 1 aromatic rings. The Morgan fingerprint density at radius 1 is 1.16 bits per heavy atom. The van der Waals surface area contributed by atoms with Crippen LogP contribution in [0.5, 0.6) is 5.75 Å². The first-order valence-corrected chi connectivity index (χ1v) is 12.4.